The van der Waals surface area contributed by atoms with Gasteiger partial charge in [-0.3, -0.25) is 9.36 Å². The van der Waals surface area contributed by atoms with Crippen LogP contribution in [0, 0.1) is 12.8 Å². The Morgan fingerprint density at radius 1 is 1.23 bits per heavy atom. The standard InChI is InChI=1S/C16H21N5O/c1-3-4-5-8-20-14-12(9-13(17-14)11-6-7-11)15(22)21-10(2)18-19-16(20)21/h11H,3-9H2,1-2H3. The molecule has 22 heavy (non-hydrogen) atoms. The molecule has 0 unspecified atom stereocenters. The van der Waals surface area contributed by atoms with Crippen molar-refractivity contribution < 1.29 is 0 Å². The van der Waals surface area contributed by atoms with Crippen LogP contribution in [-0.4, -0.2) is 24.9 Å². The predicted octanol–water partition coefficient (Wildman–Crippen LogP) is 2.43. The van der Waals surface area contributed by atoms with E-state index in [1.54, 1.807) is 4.40 Å². The van der Waals surface area contributed by atoms with Crippen LogP contribution in [0.5, 0.6) is 0 Å². The third kappa shape index (κ3) is 2.01. The molecule has 0 amide bonds. The summed E-state index contributed by atoms with van der Waals surface area (Å²) in [5, 5.41) is 8.32. The largest absolute Gasteiger partial charge is 0.294 e. The molecule has 0 radical (unpaired) electrons. The molecule has 1 saturated carbocycles. The molecule has 0 saturated heterocycles. The number of aryl methyl sites for hydroxylation is 2. The Morgan fingerprint density at radius 2 is 2.05 bits per heavy atom. The Morgan fingerprint density at radius 3 is 2.77 bits per heavy atom. The first-order valence-electron chi connectivity index (χ1n) is 8.25. The van der Waals surface area contributed by atoms with Crippen molar-refractivity contribution in [3.8, 4) is 0 Å². The van der Waals surface area contributed by atoms with Crippen molar-refractivity contribution in [2.45, 2.75) is 58.9 Å². The lowest BCUT2D eigenvalue weighted by molar-refractivity contribution is 0.602. The molecule has 0 atom stereocenters. The van der Waals surface area contributed by atoms with Gasteiger partial charge in [-0.1, -0.05) is 19.8 Å². The molecule has 0 N–H and O–H groups in total. The summed E-state index contributed by atoms with van der Waals surface area (Å²) < 4.78 is 3.75. The molecule has 0 spiro atoms. The van der Waals surface area contributed by atoms with Gasteiger partial charge in [0.25, 0.3) is 5.56 Å². The Kier molecular flexibility index (Phi) is 3.13. The maximum atomic E-state index is 12.8. The van der Waals surface area contributed by atoms with Gasteiger partial charge >= 0.3 is 0 Å². The highest BCUT2D eigenvalue weighted by molar-refractivity contribution is 5.96. The summed E-state index contributed by atoms with van der Waals surface area (Å²) in [5.41, 5.74) is 2.03. The van der Waals surface area contributed by atoms with Gasteiger partial charge in [0.2, 0.25) is 5.78 Å². The number of aliphatic imine (C=N–C) groups is 1. The lowest BCUT2D eigenvalue weighted by Gasteiger charge is -2.12. The molecule has 1 aliphatic heterocycles. The summed E-state index contributed by atoms with van der Waals surface area (Å²) in [6.45, 7) is 4.87. The second kappa shape index (κ2) is 5.04. The van der Waals surface area contributed by atoms with Crippen molar-refractivity contribution in [2.75, 3.05) is 0 Å². The highest BCUT2D eigenvalue weighted by atomic mass is 16.1. The van der Waals surface area contributed by atoms with Crippen LogP contribution < -0.4 is 5.56 Å². The topological polar surface area (TPSA) is 64.5 Å². The van der Waals surface area contributed by atoms with Gasteiger partial charge in [-0.15, -0.1) is 10.2 Å². The van der Waals surface area contributed by atoms with Gasteiger partial charge < -0.3 is 0 Å². The van der Waals surface area contributed by atoms with E-state index >= 15 is 0 Å². The maximum Gasteiger partial charge on any atom is 0.266 e. The number of fused-ring (bicyclic) bond motifs is 2. The van der Waals surface area contributed by atoms with E-state index in [1.165, 1.54) is 31.4 Å². The van der Waals surface area contributed by atoms with Crippen molar-refractivity contribution >= 4 is 17.3 Å². The van der Waals surface area contributed by atoms with Gasteiger partial charge in [-0.05, 0) is 32.1 Å². The van der Waals surface area contributed by atoms with Crippen LogP contribution in [0.3, 0.4) is 0 Å². The summed E-state index contributed by atoms with van der Waals surface area (Å²) in [5.74, 6) is 2.73. The molecule has 4 rings (SSSR count). The molecular weight excluding hydrogens is 278 g/mol. The van der Waals surface area contributed by atoms with E-state index in [0.717, 1.165) is 24.3 Å². The molecule has 6 heteroatoms. The van der Waals surface area contributed by atoms with Crippen molar-refractivity contribution in [3.63, 3.8) is 0 Å². The molecule has 2 aliphatic rings. The number of hydrogen-bond acceptors (Lipinski definition) is 4. The number of unbranched alkanes of at least 4 members (excludes halogenated alkanes) is 2. The quantitative estimate of drug-likeness (QED) is 0.796. The Labute approximate surface area is 128 Å². The molecule has 2 aromatic heterocycles. The molecule has 1 fully saturated rings. The van der Waals surface area contributed by atoms with Gasteiger partial charge in [-0.25, -0.2) is 9.39 Å². The van der Waals surface area contributed by atoms with Crippen LogP contribution in [0.1, 0.15) is 50.4 Å². The normalized spacial score (nSPS) is 17.1. The van der Waals surface area contributed by atoms with Crippen LogP contribution >= 0.6 is 0 Å². The third-order valence-corrected chi connectivity index (χ3v) is 4.68. The highest BCUT2D eigenvalue weighted by Crippen LogP contribution is 2.37. The molecule has 6 nitrogen and oxygen atoms in total. The SMILES string of the molecule is CCCCCn1c2c(c(=O)n3c(C)nnc13)CC(C1CC1)=N2. The van der Waals surface area contributed by atoms with Gasteiger partial charge in [0, 0.05) is 18.7 Å². The predicted molar refractivity (Wildman–Crippen MR) is 85.0 cm³/mol. The fourth-order valence-electron chi connectivity index (χ4n) is 3.27. The van der Waals surface area contributed by atoms with E-state index in [9.17, 15) is 4.79 Å². The zero-order valence-electron chi connectivity index (χ0n) is 13.2. The van der Waals surface area contributed by atoms with Gasteiger partial charge in [0.05, 0.1) is 5.56 Å². The minimum absolute atomic E-state index is 0.0126. The van der Waals surface area contributed by atoms with Crippen molar-refractivity contribution in [2.24, 2.45) is 10.9 Å². The first-order chi connectivity index (χ1) is 10.7. The van der Waals surface area contributed by atoms with Crippen LogP contribution in [0.15, 0.2) is 9.79 Å². The van der Waals surface area contributed by atoms with Gasteiger partial charge in [0.1, 0.15) is 11.6 Å². The second-order valence-corrected chi connectivity index (χ2v) is 6.40. The Bertz CT molecular complexity index is 825. The van der Waals surface area contributed by atoms with Gasteiger partial charge in [0.15, 0.2) is 0 Å². The average Bonchev–Trinajstić information content (AvgIpc) is 3.14. The van der Waals surface area contributed by atoms with Crippen molar-refractivity contribution in [1.29, 1.82) is 0 Å². The fraction of sp³-hybridized carbons (Fsp3) is 0.625. The van der Waals surface area contributed by atoms with E-state index in [1.807, 2.05) is 6.92 Å². The zero-order valence-corrected chi connectivity index (χ0v) is 13.2. The summed E-state index contributed by atoms with van der Waals surface area (Å²) in [6.07, 6.45) is 6.55. The molecular formula is C16H21N5O. The van der Waals surface area contributed by atoms with Crippen LogP contribution in [0.25, 0.3) is 5.78 Å². The van der Waals surface area contributed by atoms with Crippen molar-refractivity contribution in [1.82, 2.24) is 19.2 Å². The fourth-order valence-corrected chi connectivity index (χ4v) is 3.27. The summed E-state index contributed by atoms with van der Waals surface area (Å²) in [7, 11) is 0. The number of hydrogen-bond donors (Lipinski definition) is 0. The summed E-state index contributed by atoms with van der Waals surface area (Å²) >= 11 is 0. The number of rotatable bonds is 5. The Balaban J connectivity index is 1.88. The smallest absolute Gasteiger partial charge is 0.266 e. The number of nitrogens with zero attached hydrogens (tertiary/aromatic N) is 5. The second-order valence-electron chi connectivity index (χ2n) is 6.40. The maximum absolute atomic E-state index is 12.8. The Hall–Kier alpha value is -1.98. The first-order valence-corrected chi connectivity index (χ1v) is 8.25. The summed E-state index contributed by atoms with van der Waals surface area (Å²) in [6, 6.07) is 0. The van der Waals surface area contributed by atoms with E-state index in [-0.39, 0.29) is 5.56 Å². The van der Waals surface area contributed by atoms with E-state index in [4.69, 9.17) is 4.99 Å². The van der Waals surface area contributed by atoms with Crippen molar-refractivity contribution in [3.05, 3.63) is 21.7 Å². The molecule has 2 aromatic rings. The molecule has 0 bridgehead atoms. The molecule has 3 heterocycles. The monoisotopic (exact) mass is 299 g/mol. The van der Waals surface area contributed by atoms with Crippen LogP contribution in [0.2, 0.25) is 0 Å². The highest BCUT2D eigenvalue weighted by Gasteiger charge is 2.34. The van der Waals surface area contributed by atoms with E-state index < -0.39 is 0 Å². The minimum atomic E-state index is 0.0126. The number of aromatic nitrogens is 4. The van der Waals surface area contributed by atoms with E-state index in [2.05, 4.69) is 21.7 Å². The molecule has 1 aliphatic carbocycles. The van der Waals surface area contributed by atoms with E-state index in [0.29, 0.717) is 23.9 Å². The minimum Gasteiger partial charge on any atom is -0.294 e. The van der Waals surface area contributed by atoms with Gasteiger partial charge in [-0.2, -0.15) is 0 Å². The first kappa shape index (κ1) is 13.7. The average molecular weight is 299 g/mol. The molecule has 116 valence electrons. The van der Waals surface area contributed by atoms with Crippen LogP contribution in [0.4, 0.5) is 5.82 Å². The lowest BCUT2D eigenvalue weighted by atomic mass is 10.1. The third-order valence-electron chi connectivity index (χ3n) is 4.68. The molecule has 0 aromatic carbocycles. The van der Waals surface area contributed by atoms with Crippen LogP contribution in [-0.2, 0) is 13.0 Å². The zero-order chi connectivity index (χ0) is 15.3. The lowest BCUT2D eigenvalue weighted by Crippen LogP contribution is -2.23. The summed E-state index contributed by atoms with van der Waals surface area (Å²) in [4.78, 5) is 17.6.